The largest absolute Gasteiger partial charge is 0.494 e. The van der Waals surface area contributed by atoms with E-state index in [-0.39, 0.29) is 0 Å². The van der Waals surface area contributed by atoms with Gasteiger partial charge in [0.1, 0.15) is 11.5 Å². The summed E-state index contributed by atoms with van der Waals surface area (Å²) in [5.41, 5.74) is 2.59. The molecule has 0 saturated carbocycles. The molecule has 0 bridgehead atoms. The minimum absolute atomic E-state index is 0.772. The minimum Gasteiger partial charge on any atom is -0.494 e. The molecule has 0 aliphatic heterocycles. The van der Waals surface area contributed by atoms with Crippen LogP contribution in [0.25, 0.3) is 0 Å². The SMILES string of the molecule is CCCOc1ccc(Cc2ccc(OCCC)c(I)c2)cc1. The third-order valence-corrected chi connectivity index (χ3v) is 4.11. The molecule has 0 radical (unpaired) electrons. The Balaban J connectivity index is 1.99. The van der Waals surface area contributed by atoms with Crippen molar-refractivity contribution in [2.45, 2.75) is 33.1 Å². The van der Waals surface area contributed by atoms with Crippen LogP contribution in [0.2, 0.25) is 0 Å². The molecule has 22 heavy (non-hydrogen) atoms. The number of benzene rings is 2. The van der Waals surface area contributed by atoms with Gasteiger partial charge in [-0.3, -0.25) is 0 Å². The van der Waals surface area contributed by atoms with Gasteiger partial charge in [-0.15, -0.1) is 0 Å². The average molecular weight is 410 g/mol. The zero-order valence-corrected chi connectivity index (χ0v) is 15.4. The van der Waals surface area contributed by atoms with Gasteiger partial charge in [-0.1, -0.05) is 32.0 Å². The summed E-state index contributed by atoms with van der Waals surface area (Å²) < 4.78 is 12.5. The van der Waals surface area contributed by atoms with Crippen LogP contribution < -0.4 is 9.47 Å². The van der Waals surface area contributed by atoms with Crippen LogP contribution in [0.4, 0.5) is 0 Å². The summed E-state index contributed by atoms with van der Waals surface area (Å²) in [4.78, 5) is 0. The maximum absolute atomic E-state index is 5.72. The Morgan fingerprint density at radius 3 is 2.09 bits per heavy atom. The molecule has 118 valence electrons. The normalized spacial score (nSPS) is 10.5. The molecule has 2 rings (SSSR count). The predicted octanol–water partition coefficient (Wildman–Crippen LogP) is 5.46. The highest BCUT2D eigenvalue weighted by atomic mass is 127. The van der Waals surface area contributed by atoms with E-state index in [1.807, 2.05) is 0 Å². The van der Waals surface area contributed by atoms with Crippen molar-refractivity contribution in [3.8, 4) is 11.5 Å². The average Bonchev–Trinajstić information content (AvgIpc) is 2.53. The Hall–Kier alpha value is -1.23. The third-order valence-electron chi connectivity index (χ3n) is 3.26. The number of halogens is 1. The molecule has 0 fully saturated rings. The van der Waals surface area contributed by atoms with Gasteiger partial charge in [0.25, 0.3) is 0 Å². The lowest BCUT2D eigenvalue weighted by Crippen LogP contribution is -1.98. The third kappa shape index (κ3) is 5.20. The van der Waals surface area contributed by atoms with Crippen molar-refractivity contribution in [3.05, 3.63) is 57.2 Å². The predicted molar refractivity (Wildman–Crippen MR) is 100.0 cm³/mol. The number of rotatable bonds is 8. The van der Waals surface area contributed by atoms with E-state index in [0.717, 1.165) is 44.0 Å². The van der Waals surface area contributed by atoms with Crippen molar-refractivity contribution in [1.82, 2.24) is 0 Å². The first kappa shape index (κ1) is 17.1. The summed E-state index contributed by atoms with van der Waals surface area (Å²) >= 11 is 2.34. The molecule has 0 N–H and O–H groups in total. The second-order valence-corrected chi connectivity index (χ2v) is 6.44. The van der Waals surface area contributed by atoms with E-state index in [2.05, 4.69) is 78.9 Å². The molecule has 2 nitrogen and oxygen atoms in total. The van der Waals surface area contributed by atoms with E-state index in [1.165, 1.54) is 14.7 Å². The lowest BCUT2D eigenvalue weighted by molar-refractivity contribution is 0.315. The molecular weight excluding hydrogens is 387 g/mol. The molecule has 0 unspecified atom stereocenters. The van der Waals surface area contributed by atoms with Crippen molar-refractivity contribution in [2.24, 2.45) is 0 Å². The van der Waals surface area contributed by atoms with Crippen molar-refractivity contribution >= 4 is 22.6 Å². The van der Waals surface area contributed by atoms with Gasteiger partial charge in [-0.05, 0) is 77.2 Å². The molecule has 3 heteroatoms. The first-order chi connectivity index (χ1) is 10.7. The molecule has 0 heterocycles. The van der Waals surface area contributed by atoms with Crippen LogP contribution >= 0.6 is 22.6 Å². The highest BCUT2D eigenvalue weighted by Crippen LogP contribution is 2.24. The maximum atomic E-state index is 5.72. The van der Waals surface area contributed by atoms with Gasteiger partial charge in [-0.2, -0.15) is 0 Å². The Morgan fingerprint density at radius 2 is 1.45 bits per heavy atom. The monoisotopic (exact) mass is 410 g/mol. The number of ether oxygens (including phenoxy) is 2. The zero-order valence-electron chi connectivity index (χ0n) is 13.3. The molecule has 2 aromatic rings. The molecule has 0 aliphatic rings. The second kappa shape index (κ2) is 9.03. The van der Waals surface area contributed by atoms with Crippen LogP contribution in [-0.4, -0.2) is 13.2 Å². The summed E-state index contributed by atoms with van der Waals surface area (Å²) in [6, 6.07) is 14.8. The quantitative estimate of drug-likeness (QED) is 0.538. The van der Waals surface area contributed by atoms with Crippen LogP contribution in [-0.2, 0) is 6.42 Å². The first-order valence-electron chi connectivity index (χ1n) is 7.86. The second-order valence-electron chi connectivity index (χ2n) is 5.28. The Kier molecular flexibility index (Phi) is 7.03. The summed E-state index contributed by atoms with van der Waals surface area (Å²) in [5.74, 6) is 1.93. The van der Waals surface area contributed by atoms with Crippen LogP contribution in [0.3, 0.4) is 0 Å². The molecule has 0 saturated heterocycles. The number of hydrogen-bond donors (Lipinski definition) is 0. The topological polar surface area (TPSA) is 18.5 Å². The van der Waals surface area contributed by atoms with E-state index in [9.17, 15) is 0 Å². The highest BCUT2D eigenvalue weighted by Gasteiger charge is 2.04. The van der Waals surface area contributed by atoms with Crippen LogP contribution in [0, 0.1) is 3.57 Å². The van der Waals surface area contributed by atoms with Crippen LogP contribution in [0.1, 0.15) is 37.8 Å². The smallest absolute Gasteiger partial charge is 0.132 e. The van der Waals surface area contributed by atoms with Crippen LogP contribution in [0.5, 0.6) is 11.5 Å². The fraction of sp³-hybridized carbons (Fsp3) is 0.368. The van der Waals surface area contributed by atoms with Crippen molar-refractivity contribution < 1.29 is 9.47 Å². The summed E-state index contributed by atoms with van der Waals surface area (Å²) in [6.45, 7) is 5.78. The van der Waals surface area contributed by atoms with Gasteiger partial charge in [-0.25, -0.2) is 0 Å². The molecule has 0 atom stereocenters. The Bertz CT molecular complexity index is 578. The molecule has 0 spiro atoms. The number of hydrogen-bond acceptors (Lipinski definition) is 2. The zero-order chi connectivity index (χ0) is 15.8. The van der Waals surface area contributed by atoms with E-state index >= 15 is 0 Å². The summed E-state index contributed by atoms with van der Waals surface area (Å²) in [5, 5.41) is 0. The van der Waals surface area contributed by atoms with E-state index < -0.39 is 0 Å². The van der Waals surface area contributed by atoms with Crippen LogP contribution in [0.15, 0.2) is 42.5 Å². The Morgan fingerprint density at radius 1 is 0.818 bits per heavy atom. The van der Waals surface area contributed by atoms with Gasteiger partial charge in [0, 0.05) is 0 Å². The highest BCUT2D eigenvalue weighted by molar-refractivity contribution is 14.1. The van der Waals surface area contributed by atoms with E-state index in [0.29, 0.717) is 0 Å². The summed E-state index contributed by atoms with van der Waals surface area (Å²) in [6.07, 6.45) is 3.00. The van der Waals surface area contributed by atoms with Gasteiger partial charge in [0.15, 0.2) is 0 Å². The van der Waals surface area contributed by atoms with Gasteiger partial charge in [0.2, 0.25) is 0 Å². The fourth-order valence-electron chi connectivity index (χ4n) is 2.14. The summed E-state index contributed by atoms with van der Waals surface area (Å²) in [7, 11) is 0. The molecule has 0 aromatic heterocycles. The van der Waals surface area contributed by atoms with Gasteiger partial charge in [0.05, 0.1) is 16.8 Å². The van der Waals surface area contributed by atoms with E-state index in [1.54, 1.807) is 0 Å². The lowest BCUT2D eigenvalue weighted by atomic mass is 10.0. The standard InChI is InChI=1S/C19H23IO2/c1-3-11-21-17-8-5-15(6-9-17)13-16-7-10-19(18(20)14-16)22-12-4-2/h5-10,14H,3-4,11-13H2,1-2H3. The molecule has 0 amide bonds. The van der Waals surface area contributed by atoms with Gasteiger partial charge < -0.3 is 9.47 Å². The van der Waals surface area contributed by atoms with Gasteiger partial charge >= 0.3 is 0 Å². The Labute approximate surface area is 147 Å². The first-order valence-corrected chi connectivity index (χ1v) is 8.93. The van der Waals surface area contributed by atoms with Crippen molar-refractivity contribution in [3.63, 3.8) is 0 Å². The molecule has 2 aromatic carbocycles. The van der Waals surface area contributed by atoms with E-state index in [4.69, 9.17) is 9.47 Å². The maximum Gasteiger partial charge on any atom is 0.132 e. The minimum atomic E-state index is 0.772. The van der Waals surface area contributed by atoms with Crippen molar-refractivity contribution in [2.75, 3.05) is 13.2 Å². The van der Waals surface area contributed by atoms with Crippen molar-refractivity contribution in [1.29, 1.82) is 0 Å². The molecule has 0 aliphatic carbocycles. The fourth-order valence-corrected chi connectivity index (χ4v) is 2.88. The lowest BCUT2D eigenvalue weighted by Gasteiger charge is -2.10. The molecular formula is C19H23IO2.